The molecule has 0 unspecified atom stereocenters. The number of hydrogen-bond donors (Lipinski definition) is 4. The lowest BCUT2D eigenvalue weighted by atomic mass is 9.98. The molecule has 4 aromatic carbocycles. The molecule has 3 aromatic heterocycles. The van der Waals surface area contributed by atoms with Crippen LogP contribution in [0.5, 0.6) is 5.75 Å². The number of nitrogens with zero attached hydrogens (tertiary/aromatic N) is 3. The van der Waals surface area contributed by atoms with E-state index in [1.165, 1.54) is 0 Å². The number of aryl methyl sites for hydroxylation is 1. The maximum Gasteiger partial charge on any atom is 0.337 e. The van der Waals surface area contributed by atoms with E-state index in [2.05, 4.69) is 20.6 Å². The van der Waals surface area contributed by atoms with Gasteiger partial charge in [0.05, 0.1) is 64.8 Å². The van der Waals surface area contributed by atoms with Crippen molar-refractivity contribution in [3.8, 4) is 39.4 Å². The predicted molar refractivity (Wildman–Crippen MR) is 219 cm³/mol. The first kappa shape index (κ1) is 37.0. The number of anilines is 4. The fourth-order valence-corrected chi connectivity index (χ4v) is 6.30. The number of pyridine rings is 3. The number of aromatic nitrogens is 3. The largest absolute Gasteiger partial charge is 0.497 e. The predicted octanol–water partition coefficient (Wildman–Crippen LogP) is 10.6. The van der Waals surface area contributed by atoms with Gasteiger partial charge in [0, 0.05) is 29.1 Å². The molecule has 1 aliphatic rings. The van der Waals surface area contributed by atoms with Crippen molar-refractivity contribution in [1.29, 1.82) is 0 Å². The van der Waals surface area contributed by atoms with Crippen molar-refractivity contribution in [1.82, 2.24) is 15.0 Å². The van der Waals surface area contributed by atoms with Crippen molar-refractivity contribution in [2.45, 2.75) is 25.7 Å². The number of rotatable bonds is 11. The number of nitrogens with one attached hydrogen (secondary N) is 2. The topological polar surface area (TPSA) is 147 Å². The van der Waals surface area contributed by atoms with E-state index in [0.717, 1.165) is 69.0 Å². The third kappa shape index (κ3) is 8.88. The van der Waals surface area contributed by atoms with Gasteiger partial charge in [-0.15, -0.1) is 0 Å². The van der Waals surface area contributed by atoms with E-state index in [1.807, 2.05) is 110 Å². The lowest BCUT2D eigenvalue weighted by molar-refractivity contribution is 0.0687. The quantitative estimate of drug-likeness (QED) is 0.101. The van der Waals surface area contributed by atoms with Crippen LogP contribution in [0.25, 0.3) is 33.6 Å². The van der Waals surface area contributed by atoms with Gasteiger partial charge in [0.15, 0.2) is 0 Å². The molecule has 1 saturated carbocycles. The molecule has 7 aromatic rings. The smallest absolute Gasteiger partial charge is 0.337 e. The Hall–Kier alpha value is -7.33. The van der Waals surface area contributed by atoms with Crippen LogP contribution < -0.4 is 15.4 Å². The summed E-state index contributed by atoms with van der Waals surface area (Å²) >= 11 is 0. The van der Waals surface area contributed by atoms with Gasteiger partial charge in [0.25, 0.3) is 0 Å². The fraction of sp³-hybridized carbons (Fsp3) is 0.109. The molecule has 278 valence electrons. The van der Waals surface area contributed by atoms with E-state index < -0.39 is 11.9 Å². The van der Waals surface area contributed by atoms with E-state index in [4.69, 9.17) is 9.72 Å². The maximum atomic E-state index is 11.7. The van der Waals surface area contributed by atoms with E-state index >= 15 is 0 Å². The summed E-state index contributed by atoms with van der Waals surface area (Å²) in [5.41, 5.74) is 10.5. The second kappa shape index (κ2) is 16.8. The van der Waals surface area contributed by atoms with Crippen LogP contribution in [0.1, 0.15) is 50.6 Å². The number of benzene rings is 4. The summed E-state index contributed by atoms with van der Waals surface area (Å²) in [6, 6.07) is 38.3. The summed E-state index contributed by atoms with van der Waals surface area (Å²) in [5.74, 6) is -0.626. The molecule has 0 saturated heterocycles. The summed E-state index contributed by atoms with van der Waals surface area (Å²) in [4.78, 5) is 36.5. The van der Waals surface area contributed by atoms with Crippen LogP contribution in [0.3, 0.4) is 0 Å². The Bertz CT molecular complexity index is 2490. The molecule has 1 fully saturated rings. The van der Waals surface area contributed by atoms with Crippen molar-refractivity contribution in [2.75, 3.05) is 17.7 Å². The minimum Gasteiger partial charge on any atom is -0.497 e. The van der Waals surface area contributed by atoms with Gasteiger partial charge in [-0.25, -0.2) is 9.59 Å². The highest BCUT2D eigenvalue weighted by molar-refractivity contribution is 5.96. The third-order valence-electron chi connectivity index (χ3n) is 9.32. The second-order valence-corrected chi connectivity index (χ2v) is 13.4. The van der Waals surface area contributed by atoms with Crippen LogP contribution >= 0.6 is 0 Å². The summed E-state index contributed by atoms with van der Waals surface area (Å²) in [6.45, 7) is 1.87. The summed E-state index contributed by atoms with van der Waals surface area (Å²) < 4.78 is 5.37. The molecule has 4 N–H and O–H groups in total. The SMILES string of the molecule is COc1cccc(-c2ncc(Nc3ccc(C)cc3C(=O)O)cc2-c2ccccc2)c1.O=C(O)c1cc(C2CC2)ccc1Nc1ccc(-c2cccnc2)nc1. The summed E-state index contributed by atoms with van der Waals surface area (Å²) in [7, 11) is 1.64. The Morgan fingerprint density at radius 3 is 2.04 bits per heavy atom. The van der Waals surface area contributed by atoms with Gasteiger partial charge in [-0.2, -0.15) is 0 Å². The standard InChI is InChI=1S/C26H22N2O3.C20H17N3O2/c1-17-11-12-24(23(13-17)26(29)30)28-20-15-22(18-7-4-3-5-8-18)25(27-16-20)19-9-6-10-21(14-19)31-2;24-20(25)17-10-14(13-3-4-13)5-7-19(17)23-16-6-8-18(22-12-16)15-2-1-9-21-11-15/h3-16,28H,1-2H3,(H,29,30);1-2,5-13,23H,3-4H2,(H,24,25). The highest BCUT2D eigenvalue weighted by atomic mass is 16.5. The molecule has 10 heteroatoms. The van der Waals surface area contributed by atoms with Crippen molar-refractivity contribution < 1.29 is 24.5 Å². The molecule has 0 atom stereocenters. The number of methoxy groups -OCH3 is 1. The van der Waals surface area contributed by atoms with Gasteiger partial charge in [-0.1, -0.05) is 60.2 Å². The second-order valence-electron chi connectivity index (χ2n) is 13.4. The number of ether oxygens (including phenoxy) is 1. The average Bonchev–Trinajstić information content (AvgIpc) is 4.09. The van der Waals surface area contributed by atoms with Gasteiger partial charge < -0.3 is 25.6 Å². The summed E-state index contributed by atoms with van der Waals surface area (Å²) in [6.07, 6.45) is 9.18. The first-order valence-corrected chi connectivity index (χ1v) is 18.1. The molecule has 0 spiro atoms. The molecular formula is C46H39N5O5. The lowest BCUT2D eigenvalue weighted by Crippen LogP contribution is -2.04. The molecule has 0 aliphatic heterocycles. The van der Waals surface area contributed by atoms with Crippen LogP contribution in [0.2, 0.25) is 0 Å². The Labute approximate surface area is 324 Å². The monoisotopic (exact) mass is 741 g/mol. The van der Waals surface area contributed by atoms with Gasteiger partial charge in [0.2, 0.25) is 0 Å². The van der Waals surface area contributed by atoms with Crippen molar-refractivity contribution >= 4 is 34.7 Å². The van der Waals surface area contributed by atoms with Crippen LogP contribution in [-0.2, 0) is 0 Å². The minimum absolute atomic E-state index is 0.220. The van der Waals surface area contributed by atoms with Gasteiger partial charge in [0.1, 0.15) is 5.75 Å². The summed E-state index contributed by atoms with van der Waals surface area (Å²) in [5, 5.41) is 25.5. The Morgan fingerprint density at radius 1 is 0.661 bits per heavy atom. The molecule has 0 radical (unpaired) electrons. The third-order valence-corrected chi connectivity index (χ3v) is 9.32. The molecular weight excluding hydrogens is 703 g/mol. The van der Waals surface area contributed by atoms with Crippen LogP contribution in [-0.4, -0.2) is 44.2 Å². The lowest BCUT2D eigenvalue weighted by Gasteiger charge is -2.15. The Morgan fingerprint density at radius 2 is 1.36 bits per heavy atom. The number of aromatic carboxylic acids is 2. The Kier molecular flexibility index (Phi) is 11.1. The van der Waals surface area contributed by atoms with Gasteiger partial charge >= 0.3 is 11.9 Å². The molecule has 0 amide bonds. The highest BCUT2D eigenvalue weighted by Crippen LogP contribution is 2.41. The Balaban J connectivity index is 0.000000175. The normalized spacial score (nSPS) is 11.8. The first-order valence-electron chi connectivity index (χ1n) is 18.1. The van der Waals surface area contributed by atoms with Crippen molar-refractivity contribution in [3.63, 3.8) is 0 Å². The molecule has 0 bridgehead atoms. The number of carboxylic acids is 2. The zero-order chi connectivity index (χ0) is 39.0. The number of carbonyl (C=O) groups is 2. The van der Waals surface area contributed by atoms with E-state index in [9.17, 15) is 19.8 Å². The van der Waals surface area contributed by atoms with Gasteiger partial charge in [-0.3, -0.25) is 15.0 Å². The average molecular weight is 742 g/mol. The van der Waals surface area contributed by atoms with E-state index in [0.29, 0.717) is 28.5 Å². The van der Waals surface area contributed by atoms with Crippen LogP contribution in [0.15, 0.2) is 146 Å². The number of hydrogen-bond acceptors (Lipinski definition) is 8. The number of carboxylic acid groups (broad SMARTS) is 2. The fourth-order valence-electron chi connectivity index (χ4n) is 6.30. The minimum atomic E-state index is -0.976. The zero-order valence-electron chi connectivity index (χ0n) is 30.8. The molecule has 8 rings (SSSR count). The van der Waals surface area contributed by atoms with Crippen molar-refractivity contribution in [2.24, 2.45) is 0 Å². The van der Waals surface area contributed by atoms with Crippen LogP contribution in [0, 0.1) is 6.92 Å². The molecule has 10 nitrogen and oxygen atoms in total. The molecule has 1 aliphatic carbocycles. The van der Waals surface area contributed by atoms with Crippen molar-refractivity contribution in [3.05, 3.63) is 168 Å². The molecule has 3 heterocycles. The van der Waals surface area contributed by atoms with Gasteiger partial charge in [-0.05, 0) is 104 Å². The maximum absolute atomic E-state index is 11.7. The zero-order valence-corrected chi connectivity index (χ0v) is 30.8. The molecule has 56 heavy (non-hydrogen) atoms. The van der Waals surface area contributed by atoms with Crippen LogP contribution in [0.4, 0.5) is 22.7 Å². The van der Waals surface area contributed by atoms with E-state index in [-0.39, 0.29) is 5.56 Å². The van der Waals surface area contributed by atoms with E-state index in [1.54, 1.807) is 50.1 Å². The highest BCUT2D eigenvalue weighted by Gasteiger charge is 2.25. The first-order chi connectivity index (χ1) is 27.2.